The number of rotatable bonds is 6. The Hall–Kier alpha value is -2.61. The van der Waals surface area contributed by atoms with Gasteiger partial charge in [-0.3, -0.25) is 4.98 Å². The Morgan fingerprint density at radius 2 is 1.47 bits per heavy atom. The molecule has 0 saturated carbocycles. The van der Waals surface area contributed by atoms with E-state index in [1.807, 2.05) is 24.4 Å². The van der Waals surface area contributed by atoms with Crippen molar-refractivity contribution in [3.63, 3.8) is 0 Å². The second kappa shape index (κ2) is 9.04. The molecule has 0 aliphatic heterocycles. The van der Waals surface area contributed by atoms with Gasteiger partial charge in [-0.2, -0.15) is 0 Å². The van der Waals surface area contributed by atoms with E-state index in [9.17, 15) is 0 Å². The molecule has 1 heterocycles. The molecule has 30 heavy (non-hydrogen) atoms. The lowest BCUT2D eigenvalue weighted by molar-refractivity contribution is 0.171. The average Bonchev–Trinajstić information content (AvgIpc) is 2.71. The SMILES string of the molecule is CC(C)(C)CCC(Oc1ccc(-c2ccc(C(C)(C)C)cc2)nc1)c1ccccc1. The molecule has 1 unspecified atom stereocenters. The third kappa shape index (κ3) is 6.19. The number of pyridine rings is 1. The molecule has 158 valence electrons. The van der Waals surface area contributed by atoms with Gasteiger partial charge < -0.3 is 4.74 Å². The van der Waals surface area contributed by atoms with Crippen LogP contribution in [0.4, 0.5) is 0 Å². The standard InChI is InChI=1S/C28H35NO/c1-27(2,3)19-18-26(22-10-8-7-9-11-22)30-24-16-17-25(29-20-24)21-12-14-23(15-13-21)28(4,5)6/h7-17,20,26H,18-19H2,1-6H3. The fourth-order valence-corrected chi connectivity index (χ4v) is 3.45. The molecule has 2 aromatic carbocycles. The molecule has 2 heteroatoms. The van der Waals surface area contributed by atoms with Gasteiger partial charge in [0.05, 0.1) is 11.9 Å². The zero-order valence-electron chi connectivity index (χ0n) is 19.3. The van der Waals surface area contributed by atoms with E-state index in [2.05, 4.69) is 95.1 Å². The fourth-order valence-electron chi connectivity index (χ4n) is 3.45. The van der Waals surface area contributed by atoms with E-state index in [1.54, 1.807) is 0 Å². The van der Waals surface area contributed by atoms with E-state index in [0.717, 1.165) is 29.8 Å². The van der Waals surface area contributed by atoms with Gasteiger partial charge in [-0.1, -0.05) is 96.1 Å². The Bertz CT molecular complexity index is 914. The van der Waals surface area contributed by atoms with Gasteiger partial charge in [0, 0.05) is 5.56 Å². The van der Waals surface area contributed by atoms with Crippen molar-refractivity contribution >= 4 is 0 Å². The van der Waals surface area contributed by atoms with Crippen LogP contribution in [-0.4, -0.2) is 4.98 Å². The van der Waals surface area contributed by atoms with Gasteiger partial charge >= 0.3 is 0 Å². The van der Waals surface area contributed by atoms with Gasteiger partial charge in [-0.15, -0.1) is 0 Å². The summed E-state index contributed by atoms with van der Waals surface area (Å²) >= 11 is 0. The summed E-state index contributed by atoms with van der Waals surface area (Å²) in [5.74, 6) is 0.813. The van der Waals surface area contributed by atoms with Crippen molar-refractivity contribution in [1.29, 1.82) is 0 Å². The lowest BCUT2D eigenvalue weighted by Crippen LogP contribution is -2.13. The first-order valence-corrected chi connectivity index (χ1v) is 10.9. The van der Waals surface area contributed by atoms with Crippen LogP contribution in [0.5, 0.6) is 5.75 Å². The van der Waals surface area contributed by atoms with Crippen molar-refractivity contribution in [2.75, 3.05) is 0 Å². The predicted molar refractivity (Wildman–Crippen MR) is 127 cm³/mol. The summed E-state index contributed by atoms with van der Waals surface area (Å²) in [5.41, 5.74) is 5.07. The Kier molecular flexibility index (Phi) is 6.65. The maximum Gasteiger partial charge on any atom is 0.138 e. The van der Waals surface area contributed by atoms with E-state index in [0.29, 0.717) is 0 Å². The van der Waals surface area contributed by atoms with Gasteiger partial charge in [0.25, 0.3) is 0 Å². The van der Waals surface area contributed by atoms with E-state index in [-0.39, 0.29) is 16.9 Å². The molecule has 2 nitrogen and oxygen atoms in total. The fraction of sp³-hybridized carbons (Fsp3) is 0.393. The number of aromatic nitrogens is 1. The zero-order chi connectivity index (χ0) is 21.8. The number of benzene rings is 2. The Balaban J connectivity index is 1.75. The molecular weight excluding hydrogens is 366 g/mol. The van der Waals surface area contributed by atoms with Crippen molar-refractivity contribution in [2.24, 2.45) is 5.41 Å². The minimum absolute atomic E-state index is 0.0316. The Labute approximate surface area is 182 Å². The summed E-state index contributed by atoms with van der Waals surface area (Å²) < 4.78 is 6.39. The van der Waals surface area contributed by atoms with Gasteiger partial charge in [0.15, 0.2) is 0 Å². The number of hydrogen-bond donors (Lipinski definition) is 0. The molecule has 1 atom stereocenters. The minimum Gasteiger partial charge on any atom is -0.484 e. The van der Waals surface area contributed by atoms with Crippen LogP contribution >= 0.6 is 0 Å². The molecule has 0 aliphatic carbocycles. The molecule has 3 rings (SSSR count). The number of hydrogen-bond acceptors (Lipinski definition) is 2. The molecule has 0 bridgehead atoms. The molecule has 0 saturated heterocycles. The monoisotopic (exact) mass is 401 g/mol. The lowest BCUT2D eigenvalue weighted by atomic mass is 9.86. The summed E-state index contributed by atoms with van der Waals surface area (Å²) in [4.78, 5) is 4.67. The normalized spacial score (nSPS) is 13.1. The van der Waals surface area contributed by atoms with E-state index < -0.39 is 0 Å². The van der Waals surface area contributed by atoms with Crippen LogP contribution in [0.3, 0.4) is 0 Å². The molecule has 3 aromatic rings. The van der Waals surface area contributed by atoms with E-state index >= 15 is 0 Å². The summed E-state index contributed by atoms with van der Waals surface area (Å²) in [6.45, 7) is 13.5. The molecule has 0 aliphatic rings. The van der Waals surface area contributed by atoms with Crippen LogP contribution in [0.2, 0.25) is 0 Å². The minimum atomic E-state index is 0.0316. The third-order valence-corrected chi connectivity index (χ3v) is 5.39. The number of nitrogens with zero attached hydrogens (tertiary/aromatic N) is 1. The first kappa shape index (κ1) is 22.1. The van der Waals surface area contributed by atoms with Crippen LogP contribution < -0.4 is 4.74 Å². The van der Waals surface area contributed by atoms with Crippen molar-refractivity contribution < 1.29 is 4.74 Å². The second-order valence-electron chi connectivity index (χ2n) is 10.3. The van der Waals surface area contributed by atoms with Crippen molar-refractivity contribution in [3.05, 3.63) is 84.1 Å². The maximum atomic E-state index is 6.39. The highest BCUT2D eigenvalue weighted by Crippen LogP contribution is 2.32. The summed E-state index contributed by atoms with van der Waals surface area (Å²) in [6, 6.07) is 23.3. The summed E-state index contributed by atoms with van der Waals surface area (Å²) in [7, 11) is 0. The van der Waals surface area contributed by atoms with Crippen LogP contribution in [-0.2, 0) is 5.41 Å². The molecule has 0 radical (unpaired) electrons. The second-order valence-corrected chi connectivity index (χ2v) is 10.3. The lowest BCUT2D eigenvalue weighted by Gasteiger charge is -2.24. The van der Waals surface area contributed by atoms with Gasteiger partial charge in [0.2, 0.25) is 0 Å². The predicted octanol–water partition coefficient (Wildman–Crippen LogP) is 7.99. The Morgan fingerprint density at radius 1 is 0.800 bits per heavy atom. The van der Waals surface area contributed by atoms with Crippen LogP contribution in [0, 0.1) is 5.41 Å². The first-order valence-electron chi connectivity index (χ1n) is 10.9. The van der Waals surface area contributed by atoms with Gasteiger partial charge in [-0.25, -0.2) is 0 Å². The van der Waals surface area contributed by atoms with E-state index in [1.165, 1.54) is 11.1 Å². The quantitative estimate of drug-likeness (QED) is 0.417. The smallest absolute Gasteiger partial charge is 0.138 e. The topological polar surface area (TPSA) is 22.1 Å². The van der Waals surface area contributed by atoms with Gasteiger partial charge in [-0.05, 0) is 46.9 Å². The highest BCUT2D eigenvalue weighted by molar-refractivity contribution is 5.60. The summed E-state index contributed by atoms with van der Waals surface area (Å²) in [5, 5.41) is 0. The largest absolute Gasteiger partial charge is 0.484 e. The summed E-state index contributed by atoms with van der Waals surface area (Å²) in [6.07, 6.45) is 3.95. The zero-order valence-corrected chi connectivity index (χ0v) is 19.3. The van der Waals surface area contributed by atoms with Crippen molar-refractivity contribution in [3.8, 4) is 17.0 Å². The van der Waals surface area contributed by atoms with E-state index in [4.69, 9.17) is 4.74 Å². The Morgan fingerprint density at radius 3 is 2.00 bits per heavy atom. The average molecular weight is 402 g/mol. The molecular formula is C28H35NO. The molecule has 0 spiro atoms. The highest BCUT2D eigenvalue weighted by Gasteiger charge is 2.19. The van der Waals surface area contributed by atoms with Crippen molar-refractivity contribution in [2.45, 2.75) is 65.9 Å². The maximum absolute atomic E-state index is 6.39. The molecule has 0 N–H and O–H groups in total. The highest BCUT2D eigenvalue weighted by atomic mass is 16.5. The third-order valence-electron chi connectivity index (χ3n) is 5.39. The van der Waals surface area contributed by atoms with Crippen molar-refractivity contribution in [1.82, 2.24) is 4.98 Å². The molecule has 0 amide bonds. The molecule has 1 aromatic heterocycles. The van der Waals surface area contributed by atoms with Crippen LogP contribution in [0.25, 0.3) is 11.3 Å². The van der Waals surface area contributed by atoms with Crippen LogP contribution in [0.1, 0.15) is 71.6 Å². The first-order chi connectivity index (χ1) is 14.1. The number of ether oxygens (including phenoxy) is 1. The molecule has 0 fully saturated rings. The van der Waals surface area contributed by atoms with Gasteiger partial charge in [0.1, 0.15) is 11.9 Å². The van der Waals surface area contributed by atoms with Crippen LogP contribution in [0.15, 0.2) is 72.9 Å².